The lowest BCUT2D eigenvalue weighted by Gasteiger charge is -2.18. The number of aliphatic hydroxyl groups excluding tert-OH is 2. The Morgan fingerprint density at radius 2 is 2.10 bits per heavy atom. The number of nitrogens with one attached hydrogen (secondary N) is 2. The van der Waals surface area contributed by atoms with E-state index in [9.17, 15) is 27.9 Å². The molecule has 2 atom stereocenters. The van der Waals surface area contributed by atoms with E-state index in [4.69, 9.17) is 10.8 Å². The average Bonchev–Trinajstić information content (AvgIpc) is 2.95. The van der Waals surface area contributed by atoms with E-state index in [2.05, 4.69) is 15.1 Å². The summed E-state index contributed by atoms with van der Waals surface area (Å²) in [6.07, 6.45) is -5.37. The number of H-pyrrole nitrogens is 1. The number of anilines is 1. The summed E-state index contributed by atoms with van der Waals surface area (Å²) < 4.78 is 38.0. The molecule has 0 aliphatic carbocycles. The molecule has 2 unspecified atom stereocenters. The quantitative estimate of drug-likeness (QED) is 0.348. The lowest BCUT2D eigenvalue weighted by molar-refractivity contribution is -0.173. The Morgan fingerprint density at radius 1 is 1.41 bits per heavy atom. The molecule has 29 heavy (non-hydrogen) atoms. The number of carbonyl (C=O) groups excluding carboxylic acids is 1. The van der Waals surface area contributed by atoms with Crippen LogP contribution < -0.4 is 16.6 Å². The summed E-state index contributed by atoms with van der Waals surface area (Å²) >= 11 is 0. The van der Waals surface area contributed by atoms with E-state index in [0.29, 0.717) is 5.69 Å². The number of nitrogens with zero attached hydrogens (tertiary/aromatic N) is 3. The molecule has 6 N–H and O–H groups in total. The van der Waals surface area contributed by atoms with Crippen LogP contribution in [0, 0.1) is 5.92 Å². The molecule has 0 aliphatic rings. The SMILES string of the molecule is CC(Cn1nc(CCCNC(=O)C(F)(F)F)c2c(=O)[nH]c(N)nc21)C(O)CCO. The second-order valence-corrected chi connectivity index (χ2v) is 6.69. The van der Waals surface area contributed by atoms with E-state index >= 15 is 0 Å². The lowest BCUT2D eigenvalue weighted by Crippen LogP contribution is -2.37. The van der Waals surface area contributed by atoms with E-state index in [-0.39, 0.29) is 61.9 Å². The molecule has 0 aliphatic heterocycles. The maximum absolute atomic E-state index is 12.3. The van der Waals surface area contributed by atoms with Crippen molar-refractivity contribution in [3.05, 3.63) is 16.0 Å². The summed E-state index contributed by atoms with van der Waals surface area (Å²) in [6.45, 7) is 1.47. The third kappa shape index (κ3) is 5.67. The molecule has 2 aromatic rings. The molecule has 0 saturated carbocycles. The van der Waals surface area contributed by atoms with Gasteiger partial charge in [0.1, 0.15) is 5.39 Å². The zero-order valence-electron chi connectivity index (χ0n) is 15.7. The highest BCUT2D eigenvalue weighted by atomic mass is 19.4. The number of nitrogen functional groups attached to an aromatic ring is 1. The van der Waals surface area contributed by atoms with Gasteiger partial charge in [-0.05, 0) is 19.3 Å². The zero-order valence-corrected chi connectivity index (χ0v) is 15.7. The van der Waals surface area contributed by atoms with Crippen molar-refractivity contribution in [3.8, 4) is 0 Å². The lowest BCUT2D eigenvalue weighted by atomic mass is 10.0. The molecular weight excluding hydrogens is 397 g/mol. The highest BCUT2D eigenvalue weighted by molar-refractivity contribution is 5.81. The number of carbonyl (C=O) groups is 1. The second-order valence-electron chi connectivity index (χ2n) is 6.69. The fourth-order valence-corrected chi connectivity index (χ4v) is 2.84. The zero-order chi connectivity index (χ0) is 21.8. The van der Waals surface area contributed by atoms with Gasteiger partial charge in [0.25, 0.3) is 5.56 Å². The third-order valence-electron chi connectivity index (χ3n) is 4.37. The smallest absolute Gasteiger partial charge is 0.396 e. The van der Waals surface area contributed by atoms with Crippen LogP contribution in [-0.2, 0) is 17.8 Å². The number of aliphatic hydroxyl groups is 2. The normalized spacial score (nSPS) is 14.1. The van der Waals surface area contributed by atoms with Gasteiger partial charge in [-0.1, -0.05) is 6.92 Å². The molecule has 0 spiro atoms. The first kappa shape index (κ1) is 22.6. The third-order valence-corrected chi connectivity index (χ3v) is 4.37. The van der Waals surface area contributed by atoms with Crippen molar-refractivity contribution >= 4 is 22.9 Å². The predicted molar refractivity (Wildman–Crippen MR) is 96.8 cm³/mol. The molecule has 2 heterocycles. The summed E-state index contributed by atoms with van der Waals surface area (Å²) in [5.41, 5.74) is 5.52. The first-order valence-corrected chi connectivity index (χ1v) is 8.93. The number of hydrogen-bond donors (Lipinski definition) is 5. The maximum Gasteiger partial charge on any atom is 0.471 e. The van der Waals surface area contributed by atoms with Crippen molar-refractivity contribution in [2.24, 2.45) is 5.92 Å². The molecule has 10 nitrogen and oxygen atoms in total. The Hall–Kier alpha value is -2.67. The number of amides is 1. The second kappa shape index (κ2) is 9.22. The molecule has 0 aromatic carbocycles. The Labute approximate surface area is 162 Å². The molecule has 0 bridgehead atoms. The van der Waals surface area contributed by atoms with Gasteiger partial charge in [0.05, 0.1) is 11.8 Å². The summed E-state index contributed by atoms with van der Waals surface area (Å²) in [5, 5.41) is 25.2. The van der Waals surface area contributed by atoms with Gasteiger partial charge >= 0.3 is 12.1 Å². The Balaban J connectivity index is 2.20. The molecule has 162 valence electrons. The van der Waals surface area contributed by atoms with Crippen LogP contribution in [0.5, 0.6) is 0 Å². The van der Waals surface area contributed by atoms with Crippen LogP contribution in [0.1, 0.15) is 25.5 Å². The molecular formula is C16H23F3N6O4. The Bertz CT molecular complexity index is 910. The molecule has 2 rings (SSSR count). The van der Waals surface area contributed by atoms with Gasteiger partial charge in [0.2, 0.25) is 5.95 Å². The van der Waals surface area contributed by atoms with Gasteiger partial charge in [-0.3, -0.25) is 14.6 Å². The van der Waals surface area contributed by atoms with Gasteiger partial charge in [-0.2, -0.15) is 23.3 Å². The summed E-state index contributed by atoms with van der Waals surface area (Å²) in [5.74, 6) is -2.49. The summed E-state index contributed by atoms with van der Waals surface area (Å²) in [6, 6.07) is 0. The largest absolute Gasteiger partial charge is 0.471 e. The monoisotopic (exact) mass is 420 g/mol. The Morgan fingerprint density at radius 3 is 2.72 bits per heavy atom. The predicted octanol–water partition coefficient (Wildman–Crippen LogP) is -0.308. The Kier molecular flexibility index (Phi) is 7.19. The van der Waals surface area contributed by atoms with Gasteiger partial charge in [0.15, 0.2) is 5.65 Å². The number of rotatable bonds is 9. The minimum Gasteiger partial charge on any atom is -0.396 e. The standard InChI is InChI=1S/C16H23F3N6O4/c1-8(10(27)4-6-26)7-25-12-11(13(28)23-15(20)22-12)9(24-25)3-2-5-21-14(29)16(17,18)19/h8,10,26-27H,2-7H2,1H3,(H,21,29)(H3,20,22,23,28). The molecule has 0 fully saturated rings. The number of aromatic amines is 1. The van der Waals surface area contributed by atoms with Gasteiger partial charge in [-0.25, -0.2) is 4.68 Å². The van der Waals surface area contributed by atoms with Crippen molar-refractivity contribution < 1.29 is 28.2 Å². The van der Waals surface area contributed by atoms with Crippen LogP contribution >= 0.6 is 0 Å². The number of fused-ring (bicyclic) bond motifs is 1. The molecule has 13 heteroatoms. The minimum atomic E-state index is -4.96. The van der Waals surface area contributed by atoms with Crippen LogP contribution in [-0.4, -0.2) is 61.3 Å². The summed E-state index contributed by atoms with van der Waals surface area (Å²) in [4.78, 5) is 29.6. The van der Waals surface area contributed by atoms with Crippen LogP contribution in [0.15, 0.2) is 4.79 Å². The highest BCUT2D eigenvalue weighted by Gasteiger charge is 2.38. The number of aryl methyl sites for hydroxylation is 1. The number of aromatic nitrogens is 4. The number of halogens is 3. The van der Waals surface area contributed by atoms with Crippen molar-refractivity contribution in [3.63, 3.8) is 0 Å². The van der Waals surface area contributed by atoms with Crippen LogP contribution in [0.2, 0.25) is 0 Å². The fourth-order valence-electron chi connectivity index (χ4n) is 2.84. The number of hydrogen-bond acceptors (Lipinski definition) is 7. The van der Waals surface area contributed by atoms with Crippen molar-refractivity contribution in [2.45, 2.75) is 45.0 Å². The van der Waals surface area contributed by atoms with E-state index in [1.807, 2.05) is 0 Å². The van der Waals surface area contributed by atoms with Crippen molar-refractivity contribution in [1.29, 1.82) is 0 Å². The van der Waals surface area contributed by atoms with E-state index in [1.54, 1.807) is 12.2 Å². The first-order valence-electron chi connectivity index (χ1n) is 8.93. The summed E-state index contributed by atoms with van der Waals surface area (Å²) in [7, 11) is 0. The van der Waals surface area contributed by atoms with E-state index in [0.717, 1.165) is 0 Å². The molecule has 0 radical (unpaired) electrons. The first-order chi connectivity index (χ1) is 13.5. The maximum atomic E-state index is 12.3. The number of alkyl halides is 3. The molecule has 1 amide bonds. The van der Waals surface area contributed by atoms with Crippen LogP contribution in [0.4, 0.5) is 19.1 Å². The van der Waals surface area contributed by atoms with Crippen LogP contribution in [0.25, 0.3) is 11.0 Å². The topological polar surface area (TPSA) is 159 Å². The highest BCUT2D eigenvalue weighted by Crippen LogP contribution is 2.19. The van der Waals surface area contributed by atoms with Crippen molar-refractivity contribution in [2.75, 3.05) is 18.9 Å². The van der Waals surface area contributed by atoms with E-state index < -0.39 is 23.7 Å². The van der Waals surface area contributed by atoms with Crippen molar-refractivity contribution in [1.82, 2.24) is 25.1 Å². The van der Waals surface area contributed by atoms with Gasteiger partial charge in [0, 0.05) is 25.6 Å². The minimum absolute atomic E-state index is 0.112. The van der Waals surface area contributed by atoms with E-state index in [1.165, 1.54) is 4.68 Å². The van der Waals surface area contributed by atoms with Crippen LogP contribution in [0.3, 0.4) is 0 Å². The molecule has 2 aromatic heterocycles. The fraction of sp³-hybridized carbons (Fsp3) is 0.625. The molecule has 0 saturated heterocycles. The van der Waals surface area contributed by atoms with Gasteiger partial charge < -0.3 is 21.3 Å². The average molecular weight is 420 g/mol. The number of nitrogens with two attached hydrogens (primary N) is 1. The van der Waals surface area contributed by atoms with Gasteiger partial charge in [-0.15, -0.1) is 0 Å².